The average Bonchev–Trinajstić information content (AvgIpc) is 2.35. The van der Waals surface area contributed by atoms with E-state index in [-0.39, 0.29) is 0 Å². The zero-order valence-electron chi connectivity index (χ0n) is 7.96. The second-order valence-corrected chi connectivity index (χ2v) is 4.48. The fourth-order valence-electron chi connectivity index (χ4n) is 0.716. The highest BCUT2D eigenvalue weighted by Crippen LogP contribution is 2.16. The Balaban J connectivity index is 2.52. The van der Waals surface area contributed by atoms with Crippen molar-refractivity contribution in [1.29, 1.82) is 0 Å². The molecule has 0 fully saturated rings. The quantitative estimate of drug-likeness (QED) is 0.785. The Morgan fingerprint density at radius 1 is 1.25 bits per heavy atom. The van der Waals surface area contributed by atoms with E-state index in [4.69, 9.17) is 0 Å². The molecular formula is C8H15N3S. The Morgan fingerprint density at radius 3 is 2.33 bits per heavy atom. The first kappa shape index (κ1) is 9.45. The minimum Gasteiger partial charge on any atom is -0.357 e. The van der Waals surface area contributed by atoms with E-state index >= 15 is 0 Å². The Morgan fingerprint density at radius 2 is 1.92 bits per heavy atom. The van der Waals surface area contributed by atoms with E-state index in [0.29, 0.717) is 12.0 Å². The number of aromatic nitrogens is 2. The maximum Gasteiger partial charge on any atom is 0.205 e. The van der Waals surface area contributed by atoms with Gasteiger partial charge in [-0.05, 0) is 19.8 Å². The monoisotopic (exact) mass is 185 g/mol. The predicted molar refractivity (Wildman–Crippen MR) is 52.6 cm³/mol. The highest BCUT2D eigenvalue weighted by Gasteiger charge is 2.08. The number of nitrogens with one attached hydrogen (secondary N) is 1. The van der Waals surface area contributed by atoms with Crippen molar-refractivity contribution in [3.63, 3.8) is 0 Å². The lowest BCUT2D eigenvalue weighted by Gasteiger charge is -2.15. The summed E-state index contributed by atoms with van der Waals surface area (Å²) in [6, 6.07) is 0.456. The SMILES string of the molecule is Cc1nnc(NC(C)C(C)C)s1. The van der Waals surface area contributed by atoms with E-state index in [9.17, 15) is 0 Å². The van der Waals surface area contributed by atoms with Gasteiger partial charge in [0.2, 0.25) is 5.13 Å². The molecule has 1 aromatic rings. The largest absolute Gasteiger partial charge is 0.357 e. The zero-order valence-corrected chi connectivity index (χ0v) is 8.77. The molecule has 4 heteroatoms. The maximum atomic E-state index is 4.00. The first-order valence-electron chi connectivity index (χ1n) is 4.16. The summed E-state index contributed by atoms with van der Waals surface area (Å²) in [5.74, 6) is 0.620. The van der Waals surface area contributed by atoms with E-state index in [1.165, 1.54) is 0 Å². The number of aryl methyl sites for hydroxylation is 1. The normalized spacial score (nSPS) is 13.4. The summed E-state index contributed by atoms with van der Waals surface area (Å²) in [6.45, 7) is 8.49. The van der Waals surface area contributed by atoms with Crippen LogP contribution in [0.3, 0.4) is 0 Å². The van der Waals surface area contributed by atoms with Crippen molar-refractivity contribution >= 4 is 16.5 Å². The molecule has 0 spiro atoms. The molecule has 12 heavy (non-hydrogen) atoms. The highest BCUT2D eigenvalue weighted by atomic mass is 32.1. The zero-order chi connectivity index (χ0) is 9.14. The third-order valence-corrected chi connectivity index (χ3v) is 2.65. The molecule has 1 N–H and O–H groups in total. The van der Waals surface area contributed by atoms with E-state index in [1.54, 1.807) is 11.3 Å². The standard InChI is InChI=1S/C8H15N3S/c1-5(2)6(3)9-8-11-10-7(4)12-8/h5-6H,1-4H3,(H,9,11). The van der Waals surface area contributed by atoms with Crippen LogP contribution in [-0.2, 0) is 0 Å². The first-order chi connectivity index (χ1) is 5.59. The summed E-state index contributed by atoms with van der Waals surface area (Å²) in [7, 11) is 0. The van der Waals surface area contributed by atoms with Crippen LogP contribution in [0, 0.1) is 12.8 Å². The van der Waals surface area contributed by atoms with Crippen LogP contribution in [0.25, 0.3) is 0 Å². The van der Waals surface area contributed by atoms with Gasteiger partial charge in [-0.3, -0.25) is 0 Å². The molecule has 1 aromatic heterocycles. The highest BCUT2D eigenvalue weighted by molar-refractivity contribution is 7.15. The fraction of sp³-hybridized carbons (Fsp3) is 0.750. The molecule has 0 aromatic carbocycles. The van der Waals surface area contributed by atoms with Crippen LogP contribution < -0.4 is 5.32 Å². The molecule has 0 radical (unpaired) electrons. The summed E-state index contributed by atoms with van der Waals surface area (Å²) in [5, 5.41) is 13.2. The molecule has 0 saturated carbocycles. The topological polar surface area (TPSA) is 37.8 Å². The molecule has 1 heterocycles. The molecule has 0 amide bonds. The van der Waals surface area contributed by atoms with Crippen molar-refractivity contribution in [1.82, 2.24) is 10.2 Å². The van der Waals surface area contributed by atoms with Crippen LogP contribution in [0.15, 0.2) is 0 Å². The van der Waals surface area contributed by atoms with Crippen molar-refractivity contribution in [2.45, 2.75) is 33.7 Å². The van der Waals surface area contributed by atoms with Crippen LogP contribution in [0.5, 0.6) is 0 Å². The third-order valence-electron chi connectivity index (χ3n) is 1.88. The van der Waals surface area contributed by atoms with Gasteiger partial charge in [0, 0.05) is 6.04 Å². The summed E-state index contributed by atoms with van der Waals surface area (Å²) in [6.07, 6.45) is 0. The van der Waals surface area contributed by atoms with Crippen LogP contribution in [0.2, 0.25) is 0 Å². The van der Waals surface area contributed by atoms with Gasteiger partial charge in [0.25, 0.3) is 0 Å². The fourth-order valence-corrected chi connectivity index (χ4v) is 1.40. The lowest BCUT2D eigenvalue weighted by Crippen LogP contribution is -2.21. The third kappa shape index (κ3) is 2.44. The van der Waals surface area contributed by atoms with Crippen molar-refractivity contribution in [3.05, 3.63) is 5.01 Å². The van der Waals surface area contributed by atoms with E-state index in [2.05, 4.69) is 36.3 Å². The number of hydrogen-bond donors (Lipinski definition) is 1. The molecule has 0 aliphatic rings. The van der Waals surface area contributed by atoms with Crippen molar-refractivity contribution in [2.75, 3.05) is 5.32 Å². The molecule has 1 unspecified atom stereocenters. The van der Waals surface area contributed by atoms with Crippen molar-refractivity contribution in [2.24, 2.45) is 5.92 Å². The lowest BCUT2D eigenvalue weighted by molar-refractivity contribution is 0.559. The lowest BCUT2D eigenvalue weighted by atomic mass is 10.1. The molecule has 3 nitrogen and oxygen atoms in total. The van der Waals surface area contributed by atoms with Gasteiger partial charge in [0.15, 0.2) is 0 Å². The van der Waals surface area contributed by atoms with Gasteiger partial charge in [0.1, 0.15) is 5.01 Å². The minimum atomic E-state index is 0.456. The van der Waals surface area contributed by atoms with Gasteiger partial charge >= 0.3 is 0 Å². The Labute approximate surface area is 77.2 Å². The van der Waals surface area contributed by atoms with E-state index in [0.717, 1.165) is 10.1 Å². The van der Waals surface area contributed by atoms with Gasteiger partial charge in [-0.15, -0.1) is 10.2 Å². The summed E-state index contributed by atoms with van der Waals surface area (Å²) >= 11 is 1.60. The predicted octanol–water partition coefficient (Wildman–Crippen LogP) is 2.30. The summed E-state index contributed by atoms with van der Waals surface area (Å²) < 4.78 is 0. The van der Waals surface area contributed by atoms with E-state index in [1.807, 2.05) is 6.92 Å². The van der Waals surface area contributed by atoms with Gasteiger partial charge in [0.05, 0.1) is 0 Å². The number of nitrogens with zero attached hydrogens (tertiary/aromatic N) is 2. The second-order valence-electron chi connectivity index (χ2n) is 3.30. The minimum absolute atomic E-state index is 0.456. The van der Waals surface area contributed by atoms with Gasteiger partial charge in [-0.25, -0.2) is 0 Å². The Bertz CT molecular complexity index is 244. The van der Waals surface area contributed by atoms with Crippen LogP contribution in [0.4, 0.5) is 5.13 Å². The van der Waals surface area contributed by atoms with Crippen LogP contribution in [-0.4, -0.2) is 16.2 Å². The number of anilines is 1. The van der Waals surface area contributed by atoms with Crippen LogP contribution >= 0.6 is 11.3 Å². The molecule has 1 rings (SSSR count). The van der Waals surface area contributed by atoms with Gasteiger partial charge in [-0.1, -0.05) is 25.2 Å². The number of rotatable bonds is 3. The second kappa shape index (κ2) is 3.85. The molecular weight excluding hydrogens is 170 g/mol. The van der Waals surface area contributed by atoms with Crippen molar-refractivity contribution < 1.29 is 0 Å². The summed E-state index contributed by atoms with van der Waals surface area (Å²) in [4.78, 5) is 0. The first-order valence-corrected chi connectivity index (χ1v) is 4.98. The molecule has 1 atom stereocenters. The molecule has 68 valence electrons. The molecule has 0 bridgehead atoms. The van der Waals surface area contributed by atoms with Gasteiger partial charge in [-0.2, -0.15) is 0 Å². The maximum absolute atomic E-state index is 4.00. The number of hydrogen-bond acceptors (Lipinski definition) is 4. The van der Waals surface area contributed by atoms with Crippen molar-refractivity contribution in [3.8, 4) is 0 Å². The summed E-state index contributed by atoms with van der Waals surface area (Å²) in [5.41, 5.74) is 0. The molecule has 0 saturated heterocycles. The smallest absolute Gasteiger partial charge is 0.205 e. The van der Waals surface area contributed by atoms with Gasteiger partial charge < -0.3 is 5.32 Å². The Hall–Kier alpha value is -0.640. The Kier molecular flexibility index (Phi) is 3.03. The molecule has 0 aliphatic carbocycles. The van der Waals surface area contributed by atoms with E-state index < -0.39 is 0 Å². The van der Waals surface area contributed by atoms with Crippen LogP contribution in [0.1, 0.15) is 25.8 Å². The molecule has 0 aliphatic heterocycles. The average molecular weight is 185 g/mol.